The smallest absolute Gasteiger partial charge is 0.133 e. The van der Waals surface area contributed by atoms with Crippen molar-refractivity contribution in [2.75, 3.05) is 12.3 Å². The van der Waals surface area contributed by atoms with Crippen LogP contribution >= 0.6 is 0 Å². The highest BCUT2D eigenvalue weighted by atomic mass is 16.3. The number of nitrogens with two attached hydrogens (primary N) is 1. The molecule has 80 valence electrons. The van der Waals surface area contributed by atoms with Crippen LogP contribution in [0.3, 0.4) is 0 Å². The monoisotopic (exact) mass is 208 g/mol. The van der Waals surface area contributed by atoms with Gasteiger partial charge in [-0.25, -0.2) is 4.68 Å². The molecule has 0 aliphatic carbocycles. The van der Waals surface area contributed by atoms with Crippen molar-refractivity contribution in [3.63, 3.8) is 0 Å². The summed E-state index contributed by atoms with van der Waals surface area (Å²) in [4.78, 5) is 1.45. The topological polar surface area (TPSA) is 94.8 Å². The van der Waals surface area contributed by atoms with Crippen LogP contribution in [0.1, 0.15) is 0 Å². The summed E-state index contributed by atoms with van der Waals surface area (Å²) in [5.41, 5.74) is 7.03. The molecule has 7 heteroatoms. The van der Waals surface area contributed by atoms with Gasteiger partial charge in [0.25, 0.3) is 0 Å². The van der Waals surface area contributed by atoms with Gasteiger partial charge in [-0.15, -0.1) is 0 Å². The number of aliphatic hydroxyl groups excluding tert-OH is 1. The van der Waals surface area contributed by atoms with Crippen LogP contribution in [0.4, 0.5) is 5.82 Å². The standard InChI is InChI=1S/C8H12N6O/c1-13-10-5-7(11-13)6-4-8(9)14(12-6)2-3-15/h4-5,15H,2-3,9H2,1H3. The van der Waals surface area contributed by atoms with Crippen molar-refractivity contribution < 1.29 is 5.11 Å². The molecule has 0 fully saturated rings. The molecule has 7 nitrogen and oxygen atoms in total. The highest BCUT2D eigenvalue weighted by Crippen LogP contribution is 2.16. The minimum absolute atomic E-state index is 0.00574. The summed E-state index contributed by atoms with van der Waals surface area (Å²) in [6.45, 7) is 0.387. The molecule has 2 aromatic heterocycles. The molecule has 0 saturated heterocycles. The number of nitrogens with zero attached hydrogens (tertiary/aromatic N) is 5. The fraction of sp³-hybridized carbons (Fsp3) is 0.375. The van der Waals surface area contributed by atoms with E-state index in [-0.39, 0.29) is 6.61 Å². The number of aryl methyl sites for hydroxylation is 1. The fourth-order valence-corrected chi connectivity index (χ4v) is 1.29. The average Bonchev–Trinajstić information content (AvgIpc) is 2.75. The number of nitrogen functional groups attached to an aromatic ring is 1. The van der Waals surface area contributed by atoms with Crippen LogP contribution in [0, 0.1) is 0 Å². The van der Waals surface area contributed by atoms with Crippen LogP contribution in [-0.4, -0.2) is 36.5 Å². The first kappa shape index (κ1) is 9.66. The molecule has 15 heavy (non-hydrogen) atoms. The van der Waals surface area contributed by atoms with Gasteiger partial charge in [0.1, 0.15) is 17.2 Å². The first-order valence-corrected chi connectivity index (χ1v) is 4.51. The Hall–Kier alpha value is -1.89. The van der Waals surface area contributed by atoms with E-state index in [4.69, 9.17) is 10.8 Å². The minimum Gasteiger partial charge on any atom is -0.394 e. The van der Waals surface area contributed by atoms with Crippen molar-refractivity contribution in [3.8, 4) is 11.4 Å². The van der Waals surface area contributed by atoms with Crippen LogP contribution in [0.2, 0.25) is 0 Å². The molecule has 0 spiro atoms. The van der Waals surface area contributed by atoms with E-state index >= 15 is 0 Å². The summed E-state index contributed by atoms with van der Waals surface area (Å²) in [5.74, 6) is 0.504. The van der Waals surface area contributed by atoms with Crippen LogP contribution < -0.4 is 5.73 Å². The van der Waals surface area contributed by atoms with Gasteiger partial charge in [0.2, 0.25) is 0 Å². The summed E-state index contributed by atoms with van der Waals surface area (Å²) in [6.07, 6.45) is 1.62. The van der Waals surface area contributed by atoms with Crippen molar-refractivity contribution in [2.24, 2.45) is 7.05 Å². The number of rotatable bonds is 3. The lowest BCUT2D eigenvalue weighted by Crippen LogP contribution is -2.07. The van der Waals surface area contributed by atoms with E-state index in [9.17, 15) is 0 Å². The zero-order valence-corrected chi connectivity index (χ0v) is 8.33. The molecule has 0 saturated carbocycles. The zero-order chi connectivity index (χ0) is 10.8. The average molecular weight is 208 g/mol. The zero-order valence-electron chi connectivity index (χ0n) is 8.33. The molecule has 0 aromatic carbocycles. The summed E-state index contributed by atoms with van der Waals surface area (Å²) in [6, 6.07) is 1.71. The molecule has 0 aliphatic rings. The maximum Gasteiger partial charge on any atom is 0.133 e. The van der Waals surface area contributed by atoms with Crippen LogP contribution in [-0.2, 0) is 13.6 Å². The predicted octanol–water partition coefficient (Wildman–Crippen LogP) is -0.747. The highest BCUT2D eigenvalue weighted by molar-refractivity contribution is 5.56. The van der Waals surface area contributed by atoms with Crippen molar-refractivity contribution in [1.82, 2.24) is 24.8 Å². The third-order valence-corrected chi connectivity index (χ3v) is 1.98. The molecule has 0 radical (unpaired) electrons. The lowest BCUT2D eigenvalue weighted by atomic mass is 10.3. The van der Waals surface area contributed by atoms with Gasteiger partial charge in [0.15, 0.2) is 0 Å². The Morgan fingerprint density at radius 1 is 1.40 bits per heavy atom. The first-order chi connectivity index (χ1) is 7.20. The molecule has 0 unspecified atom stereocenters. The van der Waals surface area contributed by atoms with Gasteiger partial charge in [0.05, 0.1) is 19.3 Å². The van der Waals surface area contributed by atoms with E-state index in [2.05, 4.69) is 15.3 Å². The predicted molar refractivity (Wildman–Crippen MR) is 53.7 cm³/mol. The second kappa shape index (κ2) is 3.70. The first-order valence-electron chi connectivity index (χ1n) is 4.51. The van der Waals surface area contributed by atoms with E-state index in [1.54, 1.807) is 19.3 Å². The Morgan fingerprint density at radius 2 is 2.20 bits per heavy atom. The van der Waals surface area contributed by atoms with Crippen molar-refractivity contribution >= 4 is 5.82 Å². The molecule has 2 aromatic rings. The molecule has 0 atom stereocenters. The SMILES string of the molecule is Cn1ncc(-c2cc(N)n(CCO)n2)n1. The summed E-state index contributed by atoms with van der Waals surface area (Å²) < 4.78 is 1.53. The van der Waals surface area contributed by atoms with Crippen LogP contribution in [0.5, 0.6) is 0 Å². The Morgan fingerprint density at radius 3 is 2.80 bits per heavy atom. The van der Waals surface area contributed by atoms with Crippen molar-refractivity contribution in [2.45, 2.75) is 6.54 Å². The molecular formula is C8H12N6O. The molecule has 0 aliphatic heterocycles. The fourth-order valence-electron chi connectivity index (χ4n) is 1.29. The Balaban J connectivity index is 2.33. The van der Waals surface area contributed by atoms with Crippen LogP contribution in [0.25, 0.3) is 11.4 Å². The number of hydrogen-bond acceptors (Lipinski definition) is 5. The Bertz CT molecular complexity index is 459. The number of hydrogen-bond donors (Lipinski definition) is 2. The molecule has 2 heterocycles. The number of aromatic nitrogens is 5. The number of anilines is 1. The van der Waals surface area contributed by atoms with Gasteiger partial charge in [-0.3, -0.25) is 0 Å². The second-order valence-corrected chi connectivity index (χ2v) is 3.12. The highest BCUT2D eigenvalue weighted by Gasteiger charge is 2.09. The van der Waals surface area contributed by atoms with E-state index in [1.807, 2.05) is 0 Å². The Labute approximate surface area is 86.1 Å². The third-order valence-electron chi connectivity index (χ3n) is 1.98. The quantitative estimate of drug-likeness (QED) is 0.692. The summed E-state index contributed by atoms with van der Waals surface area (Å²) in [5, 5.41) is 21.0. The molecule has 2 rings (SSSR count). The lowest BCUT2D eigenvalue weighted by Gasteiger charge is -1.98. The van der Waals surface area contributed by atoms with Gasteiger partial charge < -0.3 is 10.8 Å². The van der Waals surface area contributed by atoms with Crippen molar-refractivity contribution in [3.05, 3.63) is 12.3 Å². The minimum atomic E-state index is 0.00574. The Kier molecular flexibility index (Phi) is 2.38. The van der Waals surface area contributed by atoms with Gasteiger partial charge >= 0.3 is 0 Å². The van der Waals surface area contributed by atoms with E-state index in [1.165, 1.54) is 9.48 Å². The maximum absolute atomic E-state index is 8.78. The van der Waals surface area contributed by atoms with E-state index < -0.39 is 0 Å². The van der Waals surface area contributed by atoms with Gasteiger partial charge in [-0.1, -0.05) is 0 Å². The van der Waals surface area contributed by atoms with Crippen molar-refractivity contribution in [1.29, 1.82) is 0 Å². The largest absolute Gasteiger partial charge is 0.394 e. The number of aliphatic hydroxyl groups is 1. The molecule has 0 bridgehead atoms. The van der Waals surface area contributed by atoms with E-state index in [0.29, 0.717) is 23.8 Å². The third kappa shape index (κ3) is 1.82. The molecular weight excluding hydrogens is 196 g/mol. The van der Waals surface area contributed by atoms with E-state index in [0.717, 1.165) is 0 Å². The maximum atomic E-state index is 8.78. The lowest BCUT2D eigenvalue weighted by molar-refractivity contribution is 0.270. The summed E-state index contributed by atoms with van der Waals surface area (Å²) >= 11 is 0. The molecule has 0 amide bonds. The molecule has 3 N–H and O–H groups in total. The second-order valence-electron chi connectivity index (χ2n) is 3.12. The van der Waals surface area contributed by atoms with Gasteiger partial charge in [-0.05, 0) is 0 Å². The summed E-state index contributed by atoms with van der Waals surface area (Å²) in [7, 11) is 1.73. The van der Waals surface area contributed by atoms with Crippen LogP contribution in [0.15, 0.2) is 12.3 Å². The normalized spacial score (nSPS) is 10.8. The van der Waals surface area contributed by atoms with Gasteiger partial charge in [0, 0.05) is 13.1 Å². The van der Waals surface area contributed by atoms with Gasteiger partial charge in [-0.2, -0.15) is 20.1 Å².